The van der Waals surface area contributed by atoms with E-state index >= 15 is 13.2 Å². The van der Waals surface area contributed by atoms with Gasteiger partial charge in [-0.05, 0) is 110 Å². The molecule has 135 heavy (non-hydrogen) atoms. The topological polar surface area (TPSA) is 346 Å². The molecule has 3 aliphatic rings. The molecule has 0 saturated carbocycles. The Morgan fingerprint density at radius 1 is 0.378 bits per heavy atom. The molecule has 0 spiro atoms. The van der Waals surface area contributed by atoms with Gasteiger partial charge in [0.05, 0.1) is 105 Å². The highest BCUT2D eigenvalue weighted by atomic mass is 35.5. The second-order valence-electron chi connectivity index (χ2n) is 32.0. The van der Waals surface area contributed by atoms with Gasteiger partial charge in [-0.2, -0.15) is 15.8 Å². The largest absolute Gasteiger partial charge is 0.506 e. The van der Waals surface area contributed by atoms with Gasteiger partial charge in [-0.3, -0.25) is 57.4 Å². The van der Waals surface area contributed by atoms with Crippen molar-refractivity contribution in [3.63, 3.8) is 0 Å². The molecule has 0 aliphatic carbocycles. The number of aromatic hydroxyl groups is 3. The van der Waals surface area contributed by atoms with Gasteiger partial charge < -0.3 is 44.7 Å². The summed E-state index contributed by atoms with van der Waals surface area (Å²) in [6.07, 6.45) is 8.40. The predicted molar refractivity (Wildman–Crippen MR) is 509 cm³/mol. The lowest BCUT2D eigenvalue weighted by Crippen LogP contribution is -2.49. The zero-order chi connectivity index (χ0) is 98.7. The molecule has 696 valence electrons. The molecule has 3 amide bonds. The molecule has 3 N–H and O–H groups in total. The third-order valence-electron chi connectivity index (χ3n) is 23.0. The number of rotatable bonds is 15. The van der Waals surface area contributed by atoms with E-state index < -0.39 is 133 Å². The molecule has 15 rings (SSSR count). The minimum atomic E-state index is -1.55. The Morgan fingerprint density at radius 3 is 0.867 bits per heavy atom. The number of hydrogen-bond acceptors (Lipinski definition) is 21. The van der Waals surface area contributed by atoms with E-state index in [9.17, 15) is 73.0 Å². The third kappa shape index (κ3) is 17.8. The van der Waals surface area contributed by atoms with Crippen LogP contribution in [0, 0.1) is 89.7 Å². The van der Waals surface area contributed by atoms with Crippen LogP contribution in [0.4, 0.5) is 43.4 Å². The fraction of sp³-hybridized carbons (Fsp3) is 0.258. The normalized spacial score (nSPS) is 13.4. The number of carbonyl (C=O) groups excluding carboxylic acids is 3. The van der Waals surface area contributed by atoms with Crippen LogP contribution in [0.15, 0.2) is 107 Å². The molecule has 42 heteroatoms. The van der Waals surface area contributed by atoms with Gasteiger partial charge in [-0.15, -0.1) is 0 Å². The van der Waals surface area contributed by atoms with Crippen LogP contribution in [0.2, 0.25) is 45.2 Å². The van der Waals surface area contributed by atoms with Crippen molar-refractivity contribution in [2.75, 3.05) is 93.2 Å². The Morgan fingerprint density at radius 2 is 0.622 bits per heavy atom. The van der Waals surface area contributed by atoms with E-state index in [1.165, 1.54) is 50.1 Å². The highest BCUT2D eigenvalue weighted by Gasteiger charge is 2.39. The standard InChI is InChI=1S/3C31H25Cl3F2N6O3/c2*1-5-19(43)40-8-10-41(11-9-40)28-16-12-18(32)26(20-23(35)24(36)21(33)22(34)29(20)44)39-30(16)42(31(45)17(28)13-37)27-15(4)6-7-38-25(27)14(2)3;1-5-19(43)40-8-10-41(11-9-40)28-16-12-18(32)26(20-23(35)21(33)22(34)24(36)29(20)44)39-30(16)42(31(45)17(28)13-37)27-15(4)6-7-38-25(27)14(2)3/h3*5-7,12,14,44H,1,8-11H2,2-4H3. The fourth-order valence-electron chi connectivity index (χ4n) is 16.4. The Hall–Kier alpha value is -12.7. The second-order valence-corrected chi connectivity index (χ2v) is 35.5. The first-order chi connectivity index (χ1) is 64.0. The van der Waals surface area contributed by atoms with Crippen LogP contribution in [0.1, 0.15) is 110 Å². The summed E-state index contributed by atoms with van der Waals surface area (Å²) in [7, 11) is 0. The van der Waals surface area contributed by atoms with Gasteiger partial charge in [0.15, 0.2) is 40.7 Å². The summed E-state index contributed by atoms with van der Waals surface area (Å²) in [6.45, 7) is 30.3. The van der Waals surface area contributed by atoms with Crippen molar-refractivity contribution in [3.05, 3.63) is 255 Å². The number of pyridine rings is 9. The SMILES string of the molecule is C=CC(=O)N1CCN(c2c(C#N)c(=O)n(-c3c(C)ccnc3C(C)C)c3nc(-c4c(O)c(Cl)c(Cl)c(F)c4F)c(Cl)cc23)CC1.C=CC(=O)N1CCN(c2c(C#N)c(=O)n(-c3c(C)ccnc3C(C)C)c3nc(-c4c(O)c(Cl)c(Cl)c(F)c4F)c(Cl)cc23)CC1.C=CC(=O)N1CCN(c2c(C#N)c(=O)n(-c3c(C)ccnc3C(C)C)c3nc(-c4c(O)c(F)c(Cl)c(Cl)c4F)c(Cl)cc23)CC1. The Balaban J connectivity index is 0.000000171. The van der Waals surface area contributed by atoms with Crippen LogP contribution in [0.25, 0.3) is 83.9 Å². The second kappa shape index (κ2) is 40.1. The molecule has 0 bridgehead atoms. The van der Waals surface area contributed by atoms with Crippen LogP contribution in [-0.2, 0) is 14.4 Å². The van der Waals surface area contributed by atoms with E-state index in [1.54, 1.807) is 87.0 Å². The van der Waals surface area contributed by atoms with Gasteiger partial charge in [-0.25, -0.2) is 41.3 Å². The maximum Gasteiger partial charge on any atom is 0.276 e. The molecule has 0 unspecified atom stereocenters. The summed E-state index contributed by atoms with van der Waals surface area (Å²) in [5, 5.41) is 58.7. The van der Waals surface area contributed by atoms with Gasteiger partial charge >= 0.3 is 0 Å². The summed E-state index contributed by atoms with van der Waals surface area (Å²) in [5.74, 6) is -13.1. The molecule has 3 aromatic carbocycles. The maximum absolute atomic E-state index is 15.5. The molecule has 9 aromatic heterocycles. The Labute approximate surface area is 810 Å². The summed E-state index contributed by atoms with van der Waals surface area (Å²) in [5.41, 5.74) is -1.57. The number of nitriles is 3. The molecule has 0 atom stereocenters. The van der Waals surface area contributed by atoms with E-state index in [-0.39, 0.29) is 196 Å². The lowest BCUT2D eigenvalue weighted by molar-refractivity contribution is -0.127. The van der Waals surface area contributed by atoms with E-state index in [2.05, 4.69) is 49.6 Å². The van der Waals surface area contributed by atoms with Crippen molar-refractivity contribution in [2.24, 2.45) is 0 Å². The molecule has 0 radical (unpaired) electrons. The molecule has 27 nitrogen and oxygen atoms in total. The minimum Gasteiger partial charge on any atom is -0.506 e. The van der Waals surface area contributed by atoms with Crippen molar-refractivity contribution in [2.45, 2.75) is 80.1 Å². The van der Waals surface area contributed by atoms with Crippen LogP contribution >= 0.6 is 104 Å². The highest BCUT2D eigenvalue weighted by Crippen LogP contribution is 2.51. The number of phenolic OH excluding ortho intramolecular Hbond substituents is 3. The smallest absolute Gasteiger partial charge is 0.276 e. The third-order valence-corrected chi connectivity index (χ3v) is 26.3. The zero-order valence-corrected chi connectivity index (χ0v) is 79.6. The van der Waals surface area contributed by atoms with Crippen molar-refractivity contribution < 1.29 is 56.0 Å². The van der Waals surface area contributed by atoms with Crippen LogP contribution < -0.4 is 31.4 Å². The number of nitrogens with zero attached hydrogens (tertiary/aromatic N) is 18. The summed E-state index contributed by atoms with van der Waals surface area (Å²) in [6, 6.07) is 15.3. The Kier molecular flexibility index (Phi) is 29.6. The summed E-state index contributed by atoms with van der Waals surface area (Å²) >= 11 is 55.3. The van der Waals surface area contributed by atoms with Crippen molar-refractivity contribution in [1.82, 2.24) is 58.3 Å². The lowest BCUT2D eigenvalue weighted by Gasteiger charge is -2.36. The first-order valence-corrected chi connectivity index (χ1v) is 44.5. The summed E-state index contributed by atoms with van der Waals surface area (Å²) in [4.78, 5) is 117. The number of benzene rings is 3. The number of piperazine rings is 3. The number of carbonyl (C=O) groups is 3. The average molecular weight is 2020 g/mol. The number of amides is 3. The number of fused-ring (bicyclic) bond motifs is 3. The first kappa shape index (κ1) is 99.7. The van der Waals surface area contributed by atoms with Crippen LogP contribution in [0.3, 0.4) is 0 Å². The number of aryl methyl sites for hydroxylation is 3. The molecule has 3 aliphatic heterocycles. The first-order valence-electron chi connectivity index (χ1n) is 41.1. The number of aromatic nitrogens is 9. The number of hydrogen-bond donors (Lipinski definition) is 3. The minimum absolute atomic E-state index is 0.0683. The molecule has 12 aromatic rings. The van der Waals surface area contributed by atoms with E-state index in [1.807, 2.05) is 59.8 Å². The molecular formula is C93H75Cl9F6N18O9. The van der Waals surface area contributed by atoms with Crippen LogP contribution in [0.5, 0.6) is 17.2 Å². The monoisotopic (exact) mass is 2020 g/mol. The van der Waals surface area contributed by atoms with Crippen molar-refractivity contribution in [3.8, 4) is 86.3 Å². The number of anilines is 3. The number of halogens is 15. The van der Waals surface area contributed by atoms with Gasteiger partial charge in [-0.1, -0.05) is 166 Å². The van der Waals surface area contributed by atoms with Gasteiger partial charge in [0.1, 0.15) is 88.5 Å². The fourth-order valence-corrected chi connectivity index (χ4v) is 18.2. The maximum atomic E-state index is 15.5. The summed E-state index contributed by atoms with van der Waals surface area (Å²) < 4.78 is 94.3. The van der Waals surface area contributed by atoms with E-state index in [4.69, 9.17) is 104 Å². The molecule has 3 fully saturated rings. The van der Waals surface area contributed by atoms with Crippen LogP contribution in [-0.4, -0.2) is 170 Å². The van der Waals surface area contributed by atoms with Gasteiger partial charge in [0.2, 0.25) is 17.7 Å². The van der Waals surface area contributed by atoms with E-state index in [0.29, 0.717) is 50.8 Å². The van der Waals surface area contributed by atoms with Gasteiger partial charge in [0.25, 0.3) is 16.7 Å². The quantitative estimate of drug-likeness (QED) is 0.0371. The van der Waals surface area contributed by atoms with E-state index in [0.717, 1.165) is 0 Å². The molecular weight excluding hydrogens is 1950 g/mol. The highest BCUT2D eigenvalue weighted by molar-refractivity contribution is 6.45. The number of phenols is 3. The van der Waals surface area contributed by atoms with Gasteiger partial charge in [0, 0.05) is 113 Å². The molecule has 3 saturated heterocycles. The zero-order valence-electron chi connectivity index (χ0n) is 72.8. The van der Waals surface area contributed by atoms with Crippen molar-refractivity contribution >= 4 is 172 Å². The lowest BCUT2D eigenvalue weighted by atomic mass is 10.0. The van der Waals surface area contributed by atoms with Crippen molar-refractivity contribution in [1.29, 1.82) is 15.8 Å². The Bertz CT molecular complexity index is 6650. The average Bonchev–Trinajstić information content (AvgIpc) is 0.728. The molecule has 12 heterocycles. The predicted octanol–water partition coefficient (Wildman–Crippen LogP) is 19.6.